The van der Waals surface area contributed by atoms with E-state index in [4.69, 9.17) is 0 Å². The Morgan fingerprint density at radius 3 is 2.50 bits per heavy atom. The highest BCUT2D eigenvalue weighted by Gasteiger charge is 2.26. The molecule has 0 aliphatic carbocycles. The van der Waals surface area contributed by atoms with Gasteiger partial charge in [-0.05, 0) is 36.4 Å². The number of carbonyl (C=O) groups excluding carboxylic acids is 1. The summed E-state index contributed by atoms with van der Waals surface area (Å²) >= 11 is 1.22. The van der Waals surface area contributed by atoms with Gasteiger partial charge in [-0.25, -0.2) is 13.1 Å². The number of carbonyl (C=O) groups is 1. The Bertz CT molecular complexity index is 815. The fourth-order valence-corrected chi connectivity index (χ4v) is 5.31. The van der Waals surface area contributed by atoms with Crippen LogP contribution in [0.3, 0.4) is 0 Å². The molecule has 3 rings (SSSR count). The number of rotatable bonds is 6. The molecular weight excluding hydrogens is 370 g/mol. The highest BCUT2D eigenvalue weighted by atomic mass is 32.2. The Labute approximate surface area is 158 Å². The van der Waals surface area contributed by atoms with E-state index in [1.165, 1.54) is 11.3 Å². The van der Waals surface area contributed by atoms with Gasteiger partial charge in [0, 0.05) is 31.9 Å². The van der Waals surface area contributed by atoms with Crippen LogP contribution in [-0.4, -0.2) is 51.9 Å². The normalized spacial score (nSPS) is 16.5. The van der Waals surface area contributed by atoms with Gasteiger partial charge < -0.3 is 4.90 Å². The van der Waals surface area contributed by atoms with E-state index in [9.17, 15) is 13.2 Å². The molecular formula is C18H23N3O3S2. The average molecular weight is 394 g/mol. The fraction of sp³-hybridized carbons (Fsp3) is 0.389. The van der Waals surface area contributed by atoms with Crippen LogP contribution in [0.1, 0.15) is 12.8 Å². The van der Waals surface area contributed by atoms with E-state index in [1.54, 1.807) is 29.5 Å². The third-order valence-electron chi connectivity index (χ3n) is 4.55. The van der Waals surface area contributed by atoms with Crippen LogP contribution in [0.15, 0.2) is 52.1 Å². The number of para-hydroxylation sites is 1. The van der Waals surface area contributed by atoms with Crippen LogP contribution in [0.25, 0.3) is 0 Å². The van der Waals surface area contributed by atoms with Crippen LogP contribution >= 0.6 is 11.3 Å². The van der Waals surface area contributed by atoms with Crippen molar-refractivity contribution in [2.24, 2.45) is 0 Å². The second-order valence-electron chi connectivity index (χ2n) is 6.39. The van der Waals surface area contributed by atoms with E-state index in [2.05, 4.69) is 9.62 Å². The lowest BCUT2D eigenvalue weighted by Gasteiger charge is -2.32. The molecule has 0 saturated carbocycles. The van der Waals surface area contributed by atoms with Crippen LogP contribution in [0, 0.1) is 0 Å². The number of nitrogens with one attached hydrogen (secondary N) is 1. The van der Waals surface area contributed by atoms with Crippen molar-refractivity contribution in [1.82, 2.24) is 9.62 Å². The van der Waals surface area contributed by atoms with Crippen molar-refractivity contribution in [1.29, 1.82) is 0 Å². The molecule has 1 aromatic carbocycles. The molecule has 1 fully saturated rings. The molecule has 1 N–H and O–H groups in total. The average Bonchev–Trinajstić information content (AvgIpc) is 3.19. The van der Waals surface area contributed by atoms with E-state index in [1.807, 2.05) is 30.3 Å². The molecule has 0 spiro atoms. The van der Waals surface area contributed by atoms with Crippen molar-refractivity contribution < 1.29 is 13.2 Å². The lowest BCUT2D eigenvalue weighted by molar-refractivity contribution is -0.119. The van der Waals surface area contributed by atoms with Gasteiger partial charge in [0.25, 0.3) is 0 Å². The number of anilines is 1. The first-order chi connectivity index (χ1) is 12.5. The predicted molar refractivity (Wildman–Crippen MR) is 104 cm³/mol. The third kappa shape index (κ3) is 4.70. The molecule has 1 aliphatic rings. The first-order valence-corrected chi connectivity index (χ1v) is 10.9. The van der Waals surface area contributed by atoms with Gasteiger partial charge >= 0.3 is 0 Å². The summed E-state index contributed by atoms with van der Waals surface area (Å²) < 4.78 is 27.7. The van der Waals surface area contributed by atoms with E-state index >= 15 is 0 Å². The molecule has 0 atom stereocenters. The summed E-state index contributed by atoms with van der Waals surface area (Å²) in [5.74, 6) is 0.0359. The number of hydrogen-bond donors (Lipinski definition) is 1. The largest absolute Gasteiger partial charge is 0.314 e. The number of likely N-dealkylation sites (N-methyl/N-ethyl adjacent to an activating group) is 1. The summed E-state index contributed by atoms with van der Waals surface area (Å²) in [6.07, 6.45) is 1.40. The van der Waals surface area contributed by atoms with E-state index < -0.39 is 10.0 Å². The lowest BCUT2D eigenvalue weighted by atomic mass is 10.1. The van der Waals surface area contributed by atoms with Crippen molar-refractivity contribution in [2.75, 3.05) is 31.6 Å². The number of nitrogens with zero attached hydrogens (tertiary/aromatic N) is 2. The minimum atomic E-state index is -3.43. The number of thiophene rings is 1. The predicted octanol–water partition coefficient (Wildman–Crippen LogP) is 2.15. The second kappa shape index (κ2) is 8.30. The number of likely N-dealkylation sites (tertiary alicyclic amines) is 1. The maximum absolute atomic E-state index is 12.5. The SMILES string of the molecule is CN(C(=O)CN1CCC(NS(=O)(=O)c2cccs2)CC1)c1ccccc1. The topological polar surface area (TPSA) is 69.7 Å². The molecule has 140 valence electrons. The van der Waals surface area contributed by atoms with E-state index in [0.29, 0.717) is 36.7 Å². The zero-order valence-corrected chi connectivity index (χ0v) is 16.3. The number of amides is 1. The molecule has 6 nitrogen and oxygen atoms in total. The molecule has 1 saturated heterocycles. The monoisotopic (exact) mass is 393 g/mol. The van der Waals surface area contributed by atoms with E-state index in [-0.39, 0.29) is 11.9 Å². The second-order valence-corrected chi connectivity index (χ2v) is 9.28. The van der Waals surface area contributed by atoms with Crippen molar-refractivity contribution in [3.05, 3.63) is 47.8 Å². The van der Waals surface area contributed by atoms with Gasteiger partial charge in [0.2, 0.25) is 15.9 Å². The Hall–Kier alpha value is -1.74. The van der Waals surface area contributed by atoms with E-state index in [0.717, 1.165) is 5.69 Å². The summed E-state index contributed by atoms with van der Waals surface area (Å²) in [5, 5.41) is 1.76. The van der Waals surface area contributed by atoms with Gasteiger partial charge in [0.05, 0.1) is 6.54 Å². The highest BCUT2D eigenvalue weighted by Crippen LogP contribution is 2.19. The molecule has 26 heavy (non-hydrogen) atoms. The molecule has 0 radical (unpaired) electrons. The Morgan fingerprint density at radius 1 is 1.19 bits per heavy atom. The molecule has 0 bridgehead atoms. The molecule has 0 unspecified atom stereocenters. The standard InChI is InChI=1S/C18H23N3O3S2/c1-20(16-6-3-2-4-7-16)17(22)14-21-11-9-15(10-12-21)19-26(23,24)18-8-5-13-25-18/h2-8,13,15,19H,9-12,14H2,1H3. The Morgan fingerprint density at radius 2 is 1.88 bits per heavy atom. The molecule has 1 amide bonds. The van der Waals surface area contributed by atoms with Gasteiger partial charge in [-0.2, -0.15) is 0 Å². The molecule has 8 heteroatoms. The number of piperidine rings is 1. The summed E-state index contributed by atoms with van der Waals surface area (Å²) in [7, 11) is -1.65. The summed E-state index contributed by atoms with van der Waals surface area (Å²) in [4.78, 5) is 16.2. The summed E-state index contributed by atoms with van der Waals surface area (Å²) in [5.41, 5.74) is 0.871. The number of sulfonamides is 1. The lowest BCUT2D eigenvalue weighted by Crippen LogP contribution is -2.47. The van der Waals surface area contributed by atoms with Gasteiger partial charge in [-0.3, -0.25) is 9.69 Å². The van der Waals surface area contributed by atoms with Gasteiger partial charge in [-0.1, -0.05) is 24.3 Å². The minimum Gasteiger partial charge on any atom is -0.314 e. The molecule has 1 aromatic heterocycles. The van der Waals surface area contributed by atoms with Crippen molar-refractivity contribution in [3.8, 4) is 0 Å². The quantitative estimate of drug-likeness (QED) is 0.817. The fourth-order valence-electron chi connectivity index (χ4n) is 3.00. The Balaban J connectivity index is 1.49. The van der Waals surface area contributed by atoms with Crippen molar-refractivity contribution in [3.63, 3.8) is 0 Å². The summed E-state index contributed by atoms with van der Waals surface area (Å²) in [6, 6.07) is 12.8. The van der Waals surface area contributed by atoms with Crippen LogP contribution in [-0.2, 0) is 14.8 Å². The van der Waals surface area contributed by atoms with Crippen LogP contribution in [0.4, 0.5) is 5.69 Å². The zero-order valence-electron chi connectivity index (χ0n) is 14.7. The molecule has 1 aliphatic heterocycles. The van der Waals surface area contributed by atoms with Crippen LogP contribution in [0.5, 0.6) is 0 Å². The van der Waals surface area contributed by atoms with Crippen molar-refractivity contribution in [2.45, 2.75) is 23.1 Å². The number of benzene rings is 1. The maximum atomic E-state index is 12.5. The van der Waals surface area contributed by atoms with Crippen LogP contribution in [0.2, 0.25) is 0 Å². The third-order valence-corrected chi connectivity index (χ3v) is 7.46. The Kier molecular flexibility index (Phi) is 6.08. The van der Waals surface area contributed by atoms with Gasteiger partial charge in [0.15, 0.2) is 0 Å². The molecule has 2 aromatic rings. The first kappa shape index (κ1) is 19.0. The zero-order chi connectivity index (χ0) is 18.6. The highest BCUT2D eigenvalue weighted by molar-refractivity contribution is 7.91. The van der Waals surface area contributed by atoms with Crippen molar-refractivity contribution >= 4 is 33.0 Å². The minimum absolute atomic E-state index is 0.0359. The smallest absolute Gasteiger partial charge is 0.250 e. The maximum Gasteiger partial charge on any atom is 0.250 e. The molecule has 2 heterocycles. The first-order valence-electron chi connectivity index (χ1n) is 8.55. The van der Waals surface area contributed by atoms with Gasteiger partial charge in [0.1, 0.15) is 4.21 Å². The van der Waals surface area contributed by atoms with Gasteiger partial charge in [-0.15, -0.1) is 11.3 Å². The number of hydrogen-bond acceptors (Lipinski definition) is 5. The van der Waals surface area contributed by atoms with Crippen LogP contribution < -0.4 is 9.62 Å². The summed E-state index contributed by atoms with van der Waals surface area (Å²) in [6.45, 7) is 1.74.